The minimum atomic E-state index is 0.606. The van der Waals surface area contributed by atoms with Crippen LogP contribution in [0.4, 0.5) is 0 Å². The van der Waals surface area contributed by atoms with E-state index in [1.165, 1.54) is 24.8 Å². The Labute approximate surface area is 86.3 Å². The van der Waals surface area contributed by atoms with E-state index in [0.29, 0.717) is 5.92 Å². The molecular weight excluding hydrogens is 170 g/mol. The molecule has 1 unspecified atom stereocenters. The van der Waals surface area contributed by atoms with Gasteiger partial charge >= 0.3 is 0 Å². The molecular formula is C13H19N. The van der Waals surface area contributed by atoms with Crippen LogP contribution in [0.25, 0.3) is 0 Å². The third-order valence-electron chi connectivity index (χ3n) is 3.15. The summed E-state index contributed by atoms with van der Waals surface area (Å²) in [7, 11) is 0. The van der Waals surface area contributed by atoms with Gasteiger partial charge in [0.2, 0.25) is 0 Å². The van der Waals surface area contributed by atoms with Gasteiger partial charge in [-0.15, -0.1) is 0 Å². The van der Waals surface area contributed by atoms with Crippen molar-refractivity contribution in [1.29, 1.82) is 0 Å². The number of rotatable bonds is 3. The summed E-state index contributed by atoms with van der Waals surface area (Å²) in [6.07, 6.45) is 5.03. The van der Waals surface area contributed by atoms with Crippen molar-refractivity contribution >= 4 is 0 Å². The first kappa shape index (κ1) is 9.72. The van der Waals surface area contributed by atoms with Crippen molar-refractivity contribution in [1.82, 2.24) is 0 Å². The van der Waals surface area contributed by atoms with E-state index >= 15 is 0 Å². The minimum absolute atomic E-state index is 0.606. The SMILES string of the molecule is CC(CN)Cc1ccc2c(c1)CCC2. The fraction of sp³-hybridized carbons (Fsp3) is 0.538. The lowest BCUT2D eigenvalue weighted by atomic mass is 9.98. The van der Waals surface area contributed by atoms with E-state index < -0.39 is 0 Å². The van der Waals surface area contributed by atoms with Gasteiger partial charge in [0, 0.05) is 0 Å². The zero-order chi connectivity index (χ0) is 9.97. The van der Waals surface area contributed by atoms with Gasteiger partial charge in [-0.05, 0) is 54.8 Å². The maximum Gasteiger partial charge on any atom is -0.00483 e. The first-order valence-corrected chi connectivity index (χ1v) is 5.60. The lowest BCUT2D eigenvalue weighted by Crippen LogP contribution is -2.13. The second-order valence-electron chi connectivity index (χ2n) is 4.50. The van der Waals surface area contributed by atoms with Crippen LogP contribution in [0.1, 0.15) is 30.0 Å². The Morgan fingerprint density at radius 1 is 1.29 bits per heavy atom. The van der Waals surface area contributed by atoms with E-state index in [-0.39, 0.29) is 0 Å². The smallest absolute Gasteiger partial charge is 0.00483 e. The average molecular weight is 189 g/mol. The van der Waals surface area contributed by atoms with Crippen molar-refractivity contribution in [2.45, 2.75) is 32.6 Å². The molecule has 0 bridgehead atoms. The van der Waals surface area contributed by atoms with Crippen LogP contribution in [0, 0.1) is 5.92 Å². The number of hydrogen-bond acceptors (Lipinski definition) is 1. The van der Waals surface area contributed by atoms with Gasteiger partial charge < -0.3 is 5.73 Å². The summed E-state index contributed by atoms with van der Waals surface area (Å²) in [5.41, 5.74) is 10.2. The third kappa shape index (κ3) is 1.98. The summed E-state index contributed by atoms with van der Waals surface area (Å²) < 4.78 is 0. The normalized spacial score (nSPS) is 16.7. The number of hydrogen-bond donors (Lipinski definition) is 1. The Balaban J connectivity index is 2.12. The highest BCUT2D eigenvalue weighted by Gasteiger charge is 2.11. The van der Waals surface area contributed by atoms with Crippen molar-refractivity contribution in [3.05, 3.63) is 34.9 Å². The van der Waals surface area contributed by atoms with Gasteiger partial charge in [0.05, 0.1) is 0 Å². The molecule has 1 aliphatic rings. The average Bonchev–Trinajstić information content (AvgIpc) is 2.64. The predicted octanol–water partition coefficient (Wildman–Crippen LogP) is 2.31. The summed E-state index contributed by atoms with van der Waals surface area (Å²) in [5.74, 6) is 0.606. The molecule has 0 spiro atoms. The maximum atomic E-state index is 5.63. The van der Waals surface area contributed by atoms with Crippen LogP contribution in [-0.4, -0.2) is 6.54 Å². The molecule has 0 aliphatic heterocycles. The van der Waals surface area contributed by atoms with Crippen LogP contribution < -0.4 is 5.73 Å². The topological polar surface area (TPSA) is 26.0 Å². The molecule has 0 heterocycles. The number of nitrogens with two attached hydrogens (primary N) is 1. The summed E-state index contributed by atoms with van der Waals surface area (Å²) >= 11 is 0. The van der Waals surface area contributed by atoms with Gasteiger partial charge in [-0.25, -0.2) is 0 Å². The lowest BCUT2D eigenvalue weighted by molar-refractivity contribution is 0.593. The van der Waals surface area contributed by atoms with Crippen molar-refractivity contribution in [2.75, 3.05) is 6.54 Å². The largest absolute Gasteiger partial charge is 0.330 e. The van der Waals surface area contributed by atoms with E-state index in [0.717, 1.165) is 13.0 Å². The molecule has 76 valence electrons. The van der Waals surface area contributed by atoms with Crippen molar-refractivity contribution in [3.63, 3.8) is 0 Å². The molecule has 1 aromatic rings. The van der Waals surface area contributed by atoms with Crippen LogP contribution in [0.15, 0.2) is 18.2 Å². The van der Waals surface area contributed by atoms with Crippen molar-refractivity contribution in [2.24, 2.45) is 11.7 Å². The molecule has 1 aromatic carbocycles. The molecule has 1 aliphatic carbocycles. The Kier molecular flexibility index (Phi) is 2.87. The maximum absolute atomic E-state index is 5.63. The minimum Gasteiger partial charge on any atom is -0.330 e. The molecule has 2 rings (SSSR count). The number of benzene rings is 1. The first-order chi connectivity index (χ1) is 6.79. The van der Waals surface area contributed by atoms with E-state index in [1.807, 2.05) is 0 Å². The Hall–Kier alpha value is -0.820. The van der Waals surface area contributed by atoms with Crippen LogP contribution in [-0.2, 0) is 19.3 Å². The fourth-order valence-electron chi connectivity index (χ4n) is 2.24. The van der Waals surface area contributed by atoms with Crippen LogP contribution in [0.5, 0.6) is 0 Å². The van der Waals surface area contributed by atoms with Gasteiger partial charge in [-0.3, -0.25) is 0 Å². The molecule has 1 heteroatoms. The molecule has 0 saturated carbocycles. The number of aryl methyl sites for hydroxylation is 2. The fourth-order valence-corrected chi connectivity index (χ4v) is 2.24. The molecule has 0 aromatic heterocycles. The van der Waals surface area contributed by atoms with Gasteiger partial charge in [-0.2, -0.15) is 0 Å². The first-order valence-electron chi connectivity index (χ1n) is 5.60. The predicted molar refractivity (Wildman–Crippen MR) is 60.4 cm³/mol. The monoisotopic (exact) mass is 189 g/mol. The Morgan fingerprint density at radius 3 is 2.86 bits per heavy atom. The highest BCUT2D eigenvalue weighted by Crippen LogP contribution is 2.23. The molecule has 0 saturated heterocycles. The summed E-state index contributed by atoms with van der Waals surface area (Å²) in [5, 5.41) is 0. The molecule has 0 amide bonds. The highest BCUT2D eigenvalue weighted by atomic mass is 14.5. The van der Waals surface area contributed by atoms with Crippen LogP contribution in [0.2, 0.25) is 0 Å². The molecule has 1 atom stereocenters. The van der Waals surface area contributed by atoms with Gasteiger partial charge in [0.1, 0.15) is 0 Å². The lowest BCUT2D eigenvalue weighted by Gasteiger charge is -2.09. The Bertz CT molecular complexity index is 317. The van der Waals surface area contributed by atoms with E-state index in [1.54, 1.807) is 11.1 Å². The van der Waals surface area contributed by atoms with Crippen LogP contribution in [0.3, 0.4) is 0 Å². The quantitative estimate of drug-likeness (QED) is 0.776. The van der Waals surface area contributed by atoms with E-state index in [9.17, 15) is 0 Å². The van der Waals surface area contributed by atoms with Crippen molar-refractivity contribution < 1.29 is 0 Å². The van der Waals surface area contributed by atoms with Crippen LogP contribution >= 0.6 is 0 Å². The molecule has 14 heavy (non-hydrogen) atoms. The van der Waals surface area contributed by atoms with E-state index in [4.69, 9.17) is 5.73 Å². The van der Waals surface area contributed by atoms with E-state index in [2.05, 4.69) is 25.1 Å². The van der Waals surface area contributed by atoms with Gasteiger partial charge in [0.25, 0.3) is 0 Å². The Morgan fingerprint density at radius 2 is 2.07 bits per heavy atom. The molecule has 0 fully saturated rings. The zero-order valence-electron chi connectivity index (χ0n) is 8.92. The summed E-state index contributed by atoms with van der Waals surface area (Å²) in [6, 6.07) is 6.96. The molecule has 1 nitrogen and oxygen atoms in total. The van der Waals surface area contributed by atoms with Gasteiger partial charge in [-0.1, -0.05) is 25.1 Å². The summed E-state index contributed by atoms with van der Waals surface area (Å²) in [6.45, 7) is 3.00. The third-order valence-corrected chi connectivity index (χ3v) is 3.15. The molecule has 0 radical (unpaired) electrons. The second-order valence-corrected chi connectivity index (χ2v) is 4.50. The highest BCUT2D eigenvalue weighted by molar-refractivity contribution is 5.35. The number of fused-ring (bicyclic) bond motifs is 1. The standard InChI is InChI=1S/C13H19N/c1-10(9-14)7-11-5-6-12-3-2-4-13(12)8-11/h5-6,8,10H,2-4,7,9,14H2,1H3. The zero-order valence-corrected chi connectivity index (χ0v) is 8.92. The molecule has 2 N–H and O–H groups in total. The van der Waals surface area contributed by atoms with Gasteiger partial charge in [0.15, 0.2) is 0 Å². The second kappa shape index (κ2) is 4.14. The summed E-state index contributed by atoms with van der Waals surface area (Å²) in [4.78, 5) is 0. The van der Waals surface area contributed by atoms with Crippen molar-refractivity contribution in [3.8, 4) is 0 Å².